The molecular weight excluding hydrogens is 344 g/mol. The number of rotatable bonds is 5. The number of aromatic amines is 1. The first-order chi connectivity index (χ1) is 12.7. The monoisotopic (exact) mass is 366 g/mol. The summed E-state index contributed by atoms with van der Waals surface area (Å²) in [4.78, 5) is 26.4. The summed E-state index contributed by atoms with van der Waals surface area (Å²) in [5, 5.41) is 0.837. The zero-order chi connectivity index (χ0) is 19.6. The van der Waals surface area contributed by atoms with Crippen LogP contribution in [0.1, 0.15) is 47.2 Å². The average Bonchev–Trinajstić information content (AvgIpc) is 3.02. The number of ether oxygens (including phenoxy) is 2. The number of carbonyl (C=O) groups excluding carboxylic acids is 2. The van der Waals surface area contributed by atoms with Gasteiger partial charge in [0.25, 0.3) is 5.91 Å². The van der Waals surface area contributed by atoms with Crippen LogP contribution >= 0.6 is 0 Å². The minimum absolute atomic E-state index is 0.301. The van der Waals surface area contributed by atoms with Crippen molar-refractivity contribution in [1.29, 1.82) is 0 Å². The van der Waals surface area contributed by atoms with Crippen LogP contribution in [-0.4, -0.2) is 22.5 Å². The Balaban J connectivity index is 1.71. The summed E-state index contributed by atoms with van der Waals surface area (Å²) in [6.07, 6.45) is 0. The van der Waals surface area contributed by atoms with Crippen LogP contribution in [0.2, 0.25) is 0 Å². The van der Waals surface area contributed by atoms with E-state index in [4.69, 9.17) is 15.2 Å². The number of esters is 1. The molecule has 3 rings (SSSR count). The van der Waals surface area contributed by atoms with Gasteiger partial charge in [-0.15, -0.1) is 0 Å². The molecule has 0 fully saturated rings. The number of benzene rings is 2. The summed E-state index contributed by atoms with van der Waals surface area (Å²) < 4.78 is 11.2. The minimum atomic E-state index is -0.542. The number of fused-ring (bicyclic) bond motifs is 1. The van der Waals surface area contributed by atoms with E-state index >= 15 is 0 Å². The fraction of sp³-hybridized carbons (Fsp3) is 0.238. The van der Waals surface area contributed by atoms with Gasteiger partial charge in [0.15, 0.2) is 0 Å². The quantitative estimate of drug-likeness (QED) is 0.672. The molecule has 6 nitrogen and oxygen atoms in total. The molecule has 0 aliphatic carbocycles. The zero-order valence-corrected chi connectivity index (χ0v) is 15.5. The van der Waals surface area contributed by atoms with Gasteiger partial charge in [-0.1, -0.05) is 12.1 Å². The average molecular weight is 366 g/mol. The zero-order valence-electron chi connectivity index (χ0n) is 15.5. The Morgan fingerprint density at radius 1 is 1.07 bits per heavy atom. The van der Waals surface area contributed by atoms with E-state index in [1.54, 1.807) is 30.3 Å². The van der Waals surface area contributed by atoms with Gasteiger partial charge in [-0.2, -0.15) is 0 Å². The first-order valence-corrected chi connectivity index (χ1v) is 8.59. The molecule has 0 aliphatic rings. The fourth-order valence-corrected chi connectivity index (χ4v) is 2.63. The molecule has 140 valence electrons. The van der Waals surface area contributed by atoms with Crippen LogP contribution in [0.15, 0.2) is 48.5 Å². The van der Waals surface area contributed by atoms with Gasteiger partial charge in [0.2, 0.25) is 0 Å². The van der Waals surface area contributed by atoms with E-state index in [1.165, 1.54) is 0 Å². The van der Waals surface area contributed by atoms with Crippen LogP contribution in [0.4, 0.5) is 0 Å². The van der Waals surface area contributed by atoms with Gasteiger partial charge in [0.05, 0.1) is 5.56 Å². The predicted octanol–water partition coefficient (Wildman–Crippen LogP) is 3.80. The van der Waals surface area contributed by atoms with Crippen LogP contribution in [0.5, 0.6) is 5.75 Å². The summed E-state index contributed by atoms with van der Waals surface area (Å²) in [6.45, 7) is 5.80. The Kier molecular flexibility index (Phi) is 4.90. The van der Waals surface area contributed by atoms with Gasteiger partial charge in [-0.25, -0.2) is 4.79 Å². The summed E-state index contributed by atoms with van der Waals surface area (Å²) >= 11 is 0. The van der Waals surface area contributed by atoms with Crippen LogP contribution in [0.3, 0.4) is 0 Å². The van der Waals surface area contributed by atoms with Crippen LogP contribution in [0, 0.1) is 0 Å². The lowest BCUT2D eigenvalue weighted by Gasteiger charge is -2.19. The summed E-state index contributed by atoms with van der Waals surface area (Å²) in [6, 6.07) is 14.3. The number of nitrogens with two attached hydrogens (primary N) is 1. The molecule has 0 bridgehead atoms. The van der Waals surface area contributed by atoms with Crippen molar-refractivity contribution < 1.29 is 19.1 Å². The smallest absolute Gasteiger partial charge is 0.338 e. The number of hydrogen-bond donors (Lipinski definition) is 2. The Morgan fingerprint density at radius 3 is 2.56 bits per heavy atom. The van der Waals surface area contributed by atoms with Crippen molar-refractivity contribution in [3.63, 3.8) is 0 Å². The highest BCUT2D eigenvalue weighted by Crippen LogP contribution is 2.23. The van der Waals surface area contributed by atoms with Crippen molar-refractivity contribution in [2.75, 3.05) is 0 Å². The van der Waals surface area contributed by atoms with E-state index in [-0.39, 0.29) is 5.97 Å². The van der Waals surface area contributed by atoms with Crippen molar-refractivity contribution in [3.05, 3.63) is 65.4 Å². The maximum absolute atomic E-state index is 12.2. The molecule has 0 aliphatic heterocycles. The fourth-order valence-electron chi connectivity index (χ4n) is 2.63. The lowest BCUT2D eigenvalue weighted by Crippen LogP contribution is -2.23. The second kappa shape index (κ2) is 7.15. The van der Waals surface area contributed by atoms with Gasteiger partial charge < -0.3 is 20.2 Å². The molecule has 6 heteroatoms. The molecule has 1 heterocycles. The van der Waals surface area contributed by atoms with Gasteiger partial charge in [-0.05, 0) is 62.7 Å². The van der Waals surface area contributed by atoms with Gasteiger partial charge >= 0.3 is 5.97 Å². The summed E-state index contributed by atoms with van der Waals surface area (Å²) in [7, 11) is 0. The first-order valence-electron chi connectivity index (χ1n) is 8.59. The van der Waals surface area contributed by atoms with Gasteiger partial charge in [0, 0.05) is 10.9 Å². The van der Waals surface area contributed by atoms with E-state index in [2.05, 4.69) is 4.98 Å². The maximum Gasteiger partial charge on any atom is 0.338 e. The van der Waals surface area contributed by atoms with E-state index in [1.807, 2.05) is 39.0 Å². The van der Waals surface area contributed by atoms with E-state index in [0.717, 1.165) is 16.5 Å². The molecule has 0 saturated carbocycles. The highest BCUT2D eigenvalue weighted by molar-refractivity contribution is 5.97. The molecule has 0 saturated heterocycles. The van der Waals surface area contributed by atoms with E-state index in [0.29, 0.717) is 23.6 Å². The van der Waals surface area contributed by atoms with E-state index < -0.39 is 11.5 Å². The molecule has 0 atom stereocenters. The Bertz CT molecular complexity index is 999. The third-order valence-electron chi connectivity index (χ3n) is 3.82. The third-order valence-corrected chi connectivity index (χ3v) is 3.82. The number of hydrogen-bond acceptors (Lipinski definition) is 4. The highest BCUT2D eigenvalue weighted by atomic mass is 16.6. The minimum Gasteiger partial charge on any atom is -0.489 e. The Labute approximate surface area is 157 Å². The number of nitrogens with one attached hydrogen (secondary N) is 1. The highest BCUT2D eigenvalue weighted by Gasteiger charge is 2.18. The van der Waals surface area contributed by atoms with Gasteiger partial charge in [-0.3, -0.25) is 4.79 Å². The number of aromatic nitrogens is 1. The van der Waals surface area contributed by atoms with Crippen LogP contribution in [0.25, 0.3) is 10.9 Å². The Morgan fingerprint density at radius 2 is 1.85 bits per heavy atom. The van der Waals surface area contributed by atoms with Crippen molar-refractivity contribution in [2.45, 2.75) is 33.0 Å². The van der Waals surface area contributed by atoms with Crippen molar-refractivity contribution in [2.24, 2.45) is 5.73 Å². The molecule has 27 heavy (non-hydrogen) atoms. The van der Waals surface area contributed by atoms with Gasteiger partial charge in [0.1, 0.15) is 23.7 Å². The van der Waals surface area contributed by atoms with E-state index in [9.17, 15) is 9.59 Å². The topological polar surface area (TPSA) is 94.4 Å². The summed E-state index contributed by atoms with van der Waals surface area (Å²) in [5.74, 6) is -0.218. The predicted molar refractivity (Wildman–Crippen MR) is 103 cm³/mol. The largest absolute Gasteiger partial charge is 0.489 e. The lowest BCUT2D eigenvalue weighted by atomic mass is 10.1. The van der Waals surface area contributed by atoms with Crippen molar-refractivity contribution >= 4 is 22.8 Å². The third kappa shape index (κ3) is 4.67. The number of H-pyrrole nitrogens is 1. The molecule has 0 spiro atoms. The van der Waals surface area contributed by atoms with Crippen molar-refractivity contribution in [3.8, 4) is 5.75 Å². The molecule has 1 amide bonds. The molecular formula is C21H22N2O4. The Hall–Kier alpha value is -3.28. The molecule has 2 aromatic carbocycles. The van der Waals surface area contributed by atoms with Crippen LogP contribution in [-0.2, 0) is 11.3 Å². The molecule has 3 aromatic rings. The molecule has 0 radical (unpaired) electrons. The van der Waals surface area contributed by atoms with Crippen LogP contribution < -0.4 is 10.5 Å². The normalized spacial score (nSPS) is 11.4. The number of carbonyl (C=O) groups is 2. The van der Waals surface area contributed by atoms with Crippen molar-refractivity contribution in [1.82, 2.24) is 4.98 Å². The number of amides is 1. The first kappa shape index (κ1) is 18.5. The molecule has 3 N–H and O–H groups in total. The lowest BCUT2D eigenvalue weighted by molar-refractivity contribution is 0.00692. The second-order valence-electron chi connectivity index (χ2n) is 7.29. The SMILES string of the molecule is CC(C)(C)OC(=O)c1cccc(COc2ccc3[nH]c(C(N)=O)cc3c2)c1. The molecule has 0 unspecified atom stereocenters. The number of primary amides is 1. The maximum atomic E-state index is 12.2. The standard InChI is InChI=1S/C21H22N2O4/c1-21(2,3)27-20(25)14-6-4-5-13(9-14)12-26-16-7-8-17-15(10-16)11-18(23-17)19(22)24/h4-11,23H,12H2,1-3H3,(H2,22,24). The summed E-state index contributed by atoms with van der Waals surface area (Å²) in [5.41, 5.74) is 7.24. The molecule has 1 aromatic heterocycles. The second-order valence-corrected chi connectivity index (χ2v) is 7.29.